The highest BCUT2D eigenvalue weighted by Crippen LogP contribution is 2.05. The van der Waals surface area contributed by atoms with E-state index in [1.54, 1.807) is 7.11 Å². The lowest BCUT2D eigenvalue weighted by molar-refractivity contribution is -0.891. The zero-order chi connectivity index (χ0) is 16.5. The molecule has 0 spiro atoms. The monoisotopic (exact) mass is 399 g/mol. The van der Waals surface area contributed by atoms with Crippen molar-refractivity contribution in [2.24, 2.45) is 0 Å². The Kier molecular flexibility index (Phi) is 20.7. The Bertz CT molecular complexity index is 231. The Morgan fingerprint density at radius 2 is 1.17 bits per heavy atom. The molecule has 0 aliphatic rings. The fraction of sp³-hybridized carbons (Fsp3) is 1.00. The van der Waals surface area contributed by atoms with Crippen molar-refractivity contribution >= 4 is 0 Å². The molecule has 0 atom stereocenters. The topological polar surface area (TPSA) is 36.9 Å². The number of ether oxygens (including phenoxy) is 4. The van der Waals surface area contributed by atoms with Crippen LogP contribution in [0.3, 0.4) is 0 Å². The van der Waals surface area contributed by atoms with Crippen molar-refractivity contribution in [3.63, 3.8) is 0 Å². The predicted molar refractivity (Wildman–Crippen MR) is 90.3 cm³/mol. The van der Waals surface area contributed by atoms with Gasteiger partial charge in [0.05, 0.1) is 66.9 Å². The number of halogens is 1. The van der Waals surface area contributed by atoms with E-state index < -0.39 is 0 Å². The molecule has 0 saturated heterocycles. The van der Waals surface area contributed by atoms with Gasteiger partial charge in [-0.05, 0) is 12.8 Å². The summed E-state index contributed by atoms with van der Waals surface area (Å²) in [5.41, 5.74) is 0. The number of nitrogens with zero attached hydrogens (tertiary/aromatic N) is 1. The van der Waals surface area contributed by atoms with Gasteiger partial charge in [0.25, 0.3) is 0 Å². The van der Waals surface area contributed by atoms with Gasteiger partial charge >= 0.3 is 0 Å². The van der Waals surface area contributed by atoms with Crippen LogP contribution >= 0.6 is 0 Å². The molecule has 5 nitrogen and oxygen atoms in total. The second-order valence-corrected chi connectivity index (χ2v) is 6.27. The summed E-state index contributed by atoms with van der Waals surface area (Å²) in [5, 5.41) is 0. The van der Waals surface area contributed by atoms with Gasteiger partial charge in [-0.15, -0.1) is 0 Å². The van der Waals surface area contributed by atoms with Crippen molar-refractivity contribution in [2.45, 2.75) is 32.6 Å². The first-order valence-electron chi connectivity index (χ1n) is 8.66. The highest BCUT2D eigenvalue weighted by molar-refractivity contribution is 4.42. The van der Waals surface area contributed by atoms with E-state index >= 15 is 0 Å². The first-order chi connectivity index (χ1) is 10.6. The third-order valence-corrected chi connectivity index (χ3v) is 3.63. The Labute approximate surface area is 154 Å². The maximum atomic E-state index is 5.64. The quantitative estimate of drug-likeness (QED) is 0.240. The summed E-state index contributed by atoms with van der Waals surface area (Å²) in [6, 6.07) is 0. The second-order valence-electron chi connectivity index (χ2n) is 6.27. The van der Waals surface area contributed by atoms with E-state index in [1.807, 2.05) is 0 Å². The number of unbranched alkanes of at least 4 members (excludes halogenated alkanes) is 3. The minimum atomic E-state index is 0. The molecule has 0 aromatic carbocycles. The minimum Gasteiger partial charge on any atom is -1.00 e. The lowest BCUT2D eigenvalue weighted by Gasteiger charge is -2.29. The molecular weight excluding hydrogens is 362 g/mol. The lowest BCUT2D eigenvalue weighted by Crippen LogP contribution is -3.00. The molecule has 0 radical (unpaired) electrons. The summed E-state index contributed by atoms with van der Waals surface area (Å²) in [5.74, 6) is 0. The van der Waals surface area contributed by atoms with Crippen LogP contribution in [-0.2, 0) is 18.9 Å². The number of methoxy groups -OCH3 is 1. The van der Waals surface area contributed by atoms with Gasteiger partial charge < -0.3 is 40.4 Å². The van der Waals surface area contributed by atoms with Gasteiger partial charge in [0.15, 0.2) is 0 Å². The van der Waals surface area contributed by atoms with Gasteiger partial charge in [-0.3, -0.25) is 0 Å². The van der Waals surface area contributed by atoms with Crippen LogP contribution in [0.5, 0.6) is 0 Å². The largest absolute Gasteiger partial charge is 1.00 e. The van der Waals surface area contributed by atoms with Gasteiger partial charge in [0, 0.05) is 7.11 Å². The molecule has 0 rings (SSSR count). The van der Waals surface area contributed by atoms with E-state index in [0.29, 0.717) is 39.6 Å². The molecule has 6 heteroatoms. The molecule has 0 fully saturated rings. The standard InChI is InChI=1S/C17H38NO4.BrH/c1-5-6-7-8-9-18(2,3)10-11-20-14-15-22-17-16-21-13-12-19-4;/h5-17H2,1-4H3;1H/q+1;/p-1. The van der Waals surface area contributed by atoms with Crippen molar-refractivity contribution in [3.8, 4) is 0 Å². The molecule has 23 heavy (non-hydrogen) atoms. The molecule has 0 N–H and O–H groups in total. The third-order valence-electron chi connectivity index (χ3n) is 3.63. The number of hydrogen-bond acceptors (Lipinski definition) is 4. The summed E-state index contributed by atoms with van der Waals surface area (Å²) < 4.78 is 22.3. The van der Waals surface area contributed by atoms with Crippen LogP contribution in [0.15, 0.2) is 0 Å². The maximum absolute atomic E-state index is 5.64. The molecule has 0 unspecified atom stereocenters. The highest BCUT2D eigenvalue weighted by Gasteiger charge is 2.13. The zero-order valence-electron chi connectivity index (χ0n) is 15.7. The summed E-state index contributed by atoms with van der Waals surface area (Å²) in [6.45, 7) is 9.14. The molecule has 0 aromatic heterocycles. The van der Waals surface area contributed by atoms with Crippen molar-refractivity contribution in [1.29, 1.82) is 0 Å². The normalized spacial score (nSPS) is 11.5. The summed E-state index contributed by atoms with van der Waals surface area (Å²) in [6.07, 6.45) is 5.31. The van der Waals surface area contributed by atoms with Gasteiger partial charge in [-0.1, -0.05) is 19.8 Å². The molecule has 0 saturated carbocycles. The molecule has 0 aliphatic carbocycles. The van der Waals surface area contributed by atoms with Crippen LogP contribution in [0.4, 0.5) is 0 Å². The Morgan fingerprint density at radius 3 is 1.70 bits per heavy atom. The van der Waals surface area contributed by atoms with Crippen molar-refractivity contribution in [2.75, 3.05) is 80.5 Å². The van der Waals surface area contributed by atoms with Crippen molar-refractivity contribution < 1.29 is 40.4 Å². The minimum absolute atomic E-state index is 0. The van der Waals surface area contributed by atoms with E-state index in [4.69, 9.17) is 18.9 Å². The van der Waals surface area contributed by atoms with Gasteiger partial charge in [-0.25, -0.2) is 0 Å². The van der Waals surface area contributed by atoms with E-state index in [2.05, 4.69) is 21.0 Å². The fourth-order valence-electron chi connectivity index (χ4n) is 2.07. The smallest absolute Gasteiger partial charge is 0.102 e. The van der Waals surface area contributed by atoms with Crippen molar-refractivity contribution in [1.82, 2.24) is 0 Å². The number of quaternary nitrogens is 1. The number of hydrogen-bond donors (Lipinski definition) is 0. The Morgan fingerprint density at radius 1 is 0.652 bits per heavy atom. The highest BCUT2D eigenvalue weighted by atomic mass is 79.9. The molecule has 142 valence electrons. The molecule has 0 aliphatic heterocycles. The summed E-state index contributed by atoms with van der Waals surface area (Å²) >= 11 is 0. The van der Waals surface area contributed by atoms with Gasteiger partial charge in [0.1, 0.15) is 6.54 Å². The molecule has 0 amide bonds. The van der Waals surface area contributed by atoms with E-state index in [9.17, 15) is 0 Å². The van der Waals surface area contributed by atoms with Crippen LogP contribution in [0.2, 0.25) is 0 Å². The van der Waals surface area contributed by atoms with Crippen molar-refractivity contribution in [3.05, 3.63) is 0 Å². The number of rotatable bonds is 17. The number of likely N-dealkylation sites (N-methyl/N-ethyl adjacent to an activating group) is 1. The molecular formula is C17H38BrNO4. The fourth-order valence-corrected chi connectivity index (χ4v) is 2.07. The van der Waals surface area contributed by atoms with Crippen LogP contribution in [0.1, 0.15) is 32.6 Å². The second kappa shape index (κ2) is 18.6. The average molecular weight is 400 g/mol. The van der Waals surface area contributed by atoms with E-state index in [-0.39, 0.29) is 17.0 Å². The third kappa shape index (κ3) is 20.2. The first kappa shape index (κ1) is 25.5. The van der Waals surface area contributed by atoms with E-state index in [0.717, 1.165) is 17.6 Å². The first-order valence-corrected chi connectivity index (χ1v) is 8.66. The molecule has 0 aromatic rings. The average Bonchev–Trinajstić information content (AvgIpc) is 2.49. The van der Waals surface area contributed by atoms with Crippen LogP contribution in [0.25, 0.3) is 0 Å². The predicted octanol–water partition coefficient (Wildman–Crippen LogP) is -0.657. The summed E-state index contributed by atoms with van der Waals surface area (Å²) in [4.78, 5) is 0. The zero-order valence-corrected chi connectivity index (χ0v) is 17.2. The van der Waals surface area contributed by atoms with Crippen LogP contribution < -0.4 is 17.0 Å². The van der Waals surface area contributed by atoms with Crippen LogP contribution in [-0.4, -0.2) is 85.0 Å². The molecule has 0 heterocycles. The van der Waals surface area contributed by atoms with Gasteiger partial charge in [-0.2, -0.15) is 0 Å². The van der Waals surface area contributed by atoms with Crippen LogP contribution in [0, 0.1) is 0 Å². The molecule has 0 bridgehead atoms. The SMILES string of the molecule is CCCCCC[N+](C)(C)CCOCCOCCOCCOC.[Br-]. The summed E-state index contributed by atoms with van der Waals surface area (Å²) in [7, 11) is 6.23. The van der Waals surface area contributed by atoms with Gasteiger partial charge in [0.2, 0.25) is 0 Å². The Balaban J connectivity index is 0. The van der Waals surface area contributed by atoms with E-state index in [1.165, 1.54) is 32.2 Å². The lowest BCUT2D eigenvalue weighted by atomic mass is 10.2. The maximum Gasteiger partial charge on any atom is 0.102 e. The Hall–Kier alpha value is 0.280.